The Morgan fingerprint density at radius 1 is 1.20 bits per heavy atom. The Hall–Kier alpha value is -1.55. The van der Waals surface area contributed by atoms with Crippen LogP contribution in [0.15, 0.2) is 34.5 Å². The normalized spacial score (nSPS) is 41.0. The number of esters is 1. The van der Waals surface area contributed by atoms with Crippen LogP contribution in [0.3, 0.4) is 0 Å². The Bertz CT molecular complexity index is 784. The van der Waals surface area contributed by atoms with E-state index in [4.69, 9.17) is 9.15 Å². The lowest BCUT2D eigenvalue weighted by molar-refractivity contribution is -0.145. The Morgan fingerprint density at radius 3 is 2.90 bits per heavy atom. The van der Waals surface area contributed by atoms with E-state index in [-0.39, 0.29) is 29.3 Å². The van der Waals surface area contributed by atoms with Gasteiger partial charge in [0.25, 0.3) is 0 Å². The number of allylic oxidation sites excluding steroid dienone is 1. The fraction of sp³-hybridized carbons (Fsp3) is 0.731. The summed E-state index contributed by atoms with van der Waals surface area (Å²) in [4.78, 5) is 12.8. The summed E-state index contributed by atoms with van der Waals surface area (Å²) in [5.41, 5.74) is 1.84. The van der Waals surface area contributed by atoms with E-state index in [1.807, 2.05) is 6.07 Å². The summed E-state index contributed by atoms with van der Waals surface area (Å²) in [5, 5.41) is 3.81. The van der Waals surface area contributed by atoms with Gasteiger partial charge in [-0.15, -0.1) is 0 Å². The largest absolute Gasteiger partial charge is 0.469 e. The third-order valence-corrected chi connectivity index (χ3v) is 8.63. The summed E-state index contributed by atoms with van der Waals surface area (Å²) in [5.74, 6) is 2.54. The molecule has 0 spiro atoms. The first-order valence-corrected chi connectivity index (χ1v) is 12.2. The number of carbonyl (C=O) groups excluding carboxylic acids is 1. The first-order chi connectivity index (χ1) is 14.5. The van der Waals surface area contributed by atoms with Gasteiger partial charge in [0.2, 0.25) is 0 Å². The summed E-state index contributed by atoms with van der Waals surface area (Å²) in [6.07, 6.45) is 15.1. The molecule has 1 aromatic heterocycles. The van der Waals surface area contributed by atoms with Crippen molar-refractivity contribution in [2.75, 3.05) is 6.54 Å². The molecule has 3 fully saturated rings. The third kappa shape index (κ3) is 3.77. The van der Waals surface area contributed by atoms with Crippen molar-refractivity contribution in [3.8, 4) is 0 Å². The standard InChI is InChI=1S/C26H37NO3/c1-17-7-5-11-26(2)15-24-20(14-22(17)26)21(25(28)30-24)16-27-23-10-4-3-8-18(23)13-19-9-6-12-29-19/h6,9,12,14,17-18,20-21,23-24,27H,3-5,7-8,10-11,13,15-16H2,1-2H3/t17-,18-,20+,21-,23+,24-,26+/m1/s1. The first-order valence-electron chi connectivity index (χ1n) is 12.2. The number of ether oxygens (including phenoxy) is 1. The van der Waals surface area contributed by atoms with Gasteiger partial charge in [-0.25, -0.2) is 0 Å². The van der Waals surface area contributed by atoms with Gasteiger partial charge < -0.3 is 14.5 Å². The highest BCUT2D eigenvalue weighted by Gasteiger charge is 2.51. The number of rotatable bonds is 5. The lowest BCUT2D eigenvalue weighted by Crippen LogP contribution is -2.44. The van der Waals surface area contributed by atoms with Crippen molar-refractivity contribution in [1.82, 2.24) is 5.32 Å². The molecular formula is C26H37NO3. The second-order valence-electron chi connectivity index (χ2n) is 10.7. The lowest BCUT2D eigenvalue weighted by Gasteiger charge is -2.46. The van der Waals surface area contributed by atoms with Gasteiger partial charge in [0.1, 0.15) is 11.9 Å². The van der Waals surface area contributed by atoms with Gasteiger partial charge >= 0.3 is 5.97 Å². The fourth-order valence-corrected chi connectivity index (χ4v) is 6.97. The SMILES string of the molecule is C[C@@H]1CCC[C@@]2(C)C[C@H]3OC(=O)[C@H](CN[C@H]4CCCC[C@@H]4Cc4ccco4)[C@@H]3C=C12. The average molecular weight is 412 g/mol. The number of fused-ring (bicyclic) bond motifs is 2. The molecule has 0 unspecified atom stereocenters. The average Bonchev–Trinajstić information content (AvgIpc) is 3.33. The van der Waals surface area contributed by atoms with Crippen molar-refractivity contribution in [3.05, 3.63) is 35.8 Å². The van der Waals surface area contributed by atoms with E-state index >= 15 is 0 Å². The molecule has 5 rings (SSSR count). The van der Waals surface area contributed by atoms with E-state index in [9.17, 15) is 4.79 Å². The molecule has 1 aliphatic heterocycles. The number of hydrogen-bond acceptors (Lipinski definition) is 4. The molecule has 0 bridgehead atoms. The molecule has 1 saturated heterocycles. The molecule has 164 valence electrons. The topological polar surface area (TPSA) is 51.5 Å². The maximum Gasteiger partial charge on any atom is 0.311 e. The van der Waals surface area contributed by atoms with Gasteiger partial charge in [-0.05, 0) is 61.5 Å². The van der Waals surface area contributed by atoms with Crippen LogP contribution in [0.1, 0.15) is 71.0 Å². The molecule has 4 nitrogen and oxygen atoms in total. The van der Waals surface area contributed by atoms with Crippen molar-refractivity contribution in [2.45, 2.75) is 83.8 Å². The maximum absolute atomic E-state index is 12.8. The first kappa shape index (κ1) is 20.4. The Morgan fingerprint density at radius 2 is 2.07 bits per heavy atom. The van der Waals surface area contributed by atoms with Crippen LogP contribution in [0, 0.1) is 29.1 Å². The fourth-order valence-electron chi connectivity index (χ4n) is 6.97. The van der Waals surface area contributed by atoms with E-state index in [1.54, 1.807) is 11.8 Å². The molecule has 0 amide bonds. The number of hydrogen-bond donors (Lipinski definition) is 1. The highest BCUT2D eigenvalue weighted by Crippen LogP contribution is 2.53. The van der Waals surface area contributed by atoms with E-state index in [2.05, 4.69) is 31.3 Å². The van der Waals surface area contributed by atoms with E-state index in [1.165, 1.54) is 44.9 Å². The zero-order valence-corrected chi connectivity index (χ0v) is 18.6. The van der Waals surface area contributed by atoms with E-state index in [0.29, 0.717) is 17.9 Å². The van der Waals surface area contributed by atoms with Gasteiger partial charge in [-0.2, -0.15) is 0 Å². The van der Waals surface area contributed by atoms with Gasteiger partial charge in [0, 0.05) is 24.9 Å². The Kier molecular flexibility index (Phi) is 5.55. The van der Waals surface area contributed by atoms with Gasteiger partial charge in [-0.1, -0.05) is 44.8 Å². The number of nitrogens with one attached hydrogen (secondary N) is 1. The molecular weight excluding hydrogens is 374 g/mol. The molecule has 3 aliphatic carbocycles. The van der Waals surface area contributed by atoms with Crippen LogP contribution in [-0.4, -0.2) is 24.7 Å². The van der Waals surface area contributed by atoms with Crippen molar-refractivity contribution < 1.29 is 13.9 Å². The van der Waals surface area contributed by atoms with Crippen LogP contribution in [0.4, 0.5) is 0 Å². The smallest absolute Gasteiger partial charge is 0.311 e. The van der Waals surface area contributed by atoms with Crippen molar-refractivity contribution in [1.29, 1.82) is 0 Å². The predicted molar refractivity (Wildman–Crippen MR) is 117 cm³/mol. The highest BCUT2D eigenvalue weighted by atomic mass is 16.6. The molecule has 4 heteroatoms. The second kappa shape index (κ2) is 8.18. The van der Waals surface area contributed by atoms with Crippen LogP contribution < -0.4 is 5.32 Å². The maximum atomic E-state index is 12.8. The van der Waals surface area contributed by atoms with E-state index in [0.717, 1.165) is 25.1 Å². The summed E-state index contributed by atoms with van der Waals surface area (Å²) >= 11 is 0. The van der Waals surface area contributed by atoms with Crippen LogP contribution in [0.25, 0.3) is 0 Å². The minimum Gasteiger partial charge on any atom is -0.469 e. The molecule has 4 aliphatic rings. The number of carbonyl (C=O) groups is 1. The molecule has 0 aromatic carbocycles. The van der Waals surface area contributed by atoms with Crippen LogP contribution in [0.2, 0.25) is 0 Å². The molecule has 30 heavy (non-hydrogen) atoms. The van der Waals surface area contributed by atoms with Crippen LogP contribution in [0.5, 0.6) is 0 Å². The Balaban J connectivity index is 1.28. The molecule has 0 radical (unpaired) electrons. The molecule has 7 atom stereocenters. The summed E-state index contributed by atoms with van der Waals surface area (Å²) < 4.78 is 11.6. The highest BCUT2D eigenvalue weighted by molar-refractivity contribution is 5.76. The van der Waals surface area contributed by atoms with E-state index < -0.39 is 0 Å². The molecule has 1 aromatic rings. The Labute approximate surface area is 180 Å². The summed E-state index contributed by atoms with van der Waals surface area (Å²) in [6, 6.07) is 4.53. The van der Waals surface area contributed by atoms with Crippen molar-refractivity contribution >= 4 is 5.97 Å². The number of furan rings is 1. The molecule has 1 N–H and O–H groups in total. The minimum absolute atomic E-state index is 0.0163. The minimum atomic E-state index is -0.0348. The summed E-state index contributed by atoms with van der Waals surface area (Å²) in [6.45, 7) is 5.51. The van der Waals surface area contributed by atoms with Crippen molar-refractivity contribution in [2.24, 2.45) is 29.1 Å². The van der Waals surface area contributed by atoms with Crippen LogP contribution >= 0.6 is 0 Å². The van der Waals surface area contributed by atoms with Gasteiger partial charge in [0.05, 0.1) is 12.2 Å². The monoisotopic (exact) mass is 411 g/mol. The summed E-state index contributed by atoms with van der Waals surface area (Å²) in [7, 11) is 0. The quantitative estimate of drug-likeness (QED) is 0.529. The van der Waals surface area contributed by atoms with Gasteiger partial charge in [-0.3, -0.25) is 4.79 Å². The lowest BCUT2D eigenvalue weighted by atomic mass is 9.59. The van der Waals surface area contributed by atoms with Gasteiger partial charge in [0.15, 0.2) is 0 Å². The zero-order valence-electron chi connectivity index (χ0n) is 18.6. The molecule has 2 saturated carbocycles. The van der Waals surface area contributed by atoms with Crippen LogP contribution in [-0.2, 0) is 16.0 Å². The van der Waals surface area contributed by atoms with Crippen molar-refractivity contribution in [3.63, 3.8) is 0 Å². The predicted octanol–water partition coefficient (Wildman–Crippen LogP) is 5.28. The zero-order chi connectivity index (χ0) is 20.7. The third-order valence-electron chi connectivity index (χ3n) is 8.63. The molecule has 2 heterocycles. The second-order valence-corrected chi connectivity index (χ2v) is 10.7.